The second kappa shape index (κ2) is 15.5. The SMILES string of the molecule is c1ccc(-c2cccc(-c3ccccc3N(c3ccc(-c4cccc5c4sc4ccccc45)cc3-c3ccccc3)c3cccc4c3c3ccccc3n4-c3ccccc3)c2)cc1. The highest BCUT2D eigenvalue weighted by atomic mass is 32.1. The van der Waals surface area contributed by atoms with E-state index in [9.17, 15) is 0 Å². The van der Waals surface area contributed by atoms with Crippen LogP contribution in [-0.4, -0.2) is 4.57 Å². The normalized spacial score (nSPS) is 11.5. The van der Waals surface area contributed by atoms with Crippen molar-refractivity contribution in [1.29, 1.82) is 0 Å². The quantitative estimate of drug-likeness (QED) is 0.148. The minimum absolute atomic E-state index is 1.10. The number of hydrogen-bond acceptors (Lipinski definition) is 2. The summed E-state index contributed by atoms with van der Waals surface area (Å²) in [6, 6.07) is 88.5. The van der Waals surface area contributed by atoms with Gasteiger partial charge in [-0.1, -0.05) is 182 Å². The van der Waals surface area contributed by atoms with Gasteiger partial charge in [-0.2, -0.15) is 0 Å². The predicted molar refractivity (Wildman–Crippen MR) is 270 cm³/mol. The smallest absolute Gasteiger partial charge is 0.0562 e. The summed E-state index contributed by atoms with van der Waals surface area (Å²) < 4.78 is 5.03. The number of thiophene rings is 1. The van der Waals surface area contributed by atoms with E-state index in [4.69, 9.17) is 0 Å². The van der Waals surface area contributed by atoms with Crippen molar-refractivity contribution in [3.8, 4) is 50.2 Å². The maximum absolute atomic E-state index is 2.53. The highest BCUT2D eigenvalue weighted by molar-refractivity contribution is 7.26. The zero-order chi connectivity index (χ0) is 41.7. The van der Waals surface area contributed by atoms with Crippen LogP contribution in [0.1, 0.15) is 0 Å². The van der Waals surface area contributed by atoms with Crippen LogP contribution in [0, 0.1) is 0 Å². The fraction of sp³-hybridized carbons (Fsp3) is 0. The molecule has 2 heterocycles. The van der Waals surface area contributed by atoms with Crippen molar-refractivity contribution in [2.75, 3.05) is 4.90 Å². The highest BCUT2D eigenvalue weighted by Gasteiger charge is 2.26. The molecule has 0 fully saturated rings. The second-order valence-corrected chi connectivity index (χ2v) is 17.1. The first-order valence-corrected chi connectivity index (χ1v) is 22.3. The van der Waals surface area contributed by atoms with Gasteiger partial charge >= 0.3 is 0 Å². The van der Waals surface area contributed by atoms with Crippen molar-refractivity contribution < 1.29 is 0 Å². The van der Waals surface area contributed by atoms with E-state index in [-0.39, 0.29) is 0 Å². The Kier molecular flexibility index (Phi) is 9.06. The first-order valence-electron chi connectivity index (χ1n) is 21.5. The lowest BCUT2D eigenvalue weighted by Crippen LogP contribution is -2.13. The molecule has 296 valence electrons. The number of hydrogen-bond donors (Lipinski definition) is 0. The van der Waals surface area contributed by atoms with Crippen LogP contribution < -0.4 is 4.90 Å². The summed E-state index contributed by atoms with van der Waals surface area (Å²) in [5, 5.41) is 5.01. The van der Waals surface area contributed by atoms with Crippen LogP contribution in [-0.2, 0) is 0 Å². The molecule has 0 bridgehead atoms. The van der Waals surface area contributed by atoms with Gasteiger partial charge < -0.3 is 9.47 Å². The molecular weight excluding hydrogens is 781 g/mol. The topological polar surface area (TPSA) is 8.17 Å². The molecule has 12 rings (SSSR count). The van der Waals surface area contributed by atoms with E-state index >= 15 is 0 Å². The molecule has 0 radical (unpaired) electrons. The zero-order valence-electron chi connectivity index (χ0n) is 34.4. The first-order chi connectivity index (χ1) is 31.3. The van der Waals surface area contributed by atoms with E-state index in [1.807, 2.05) is 11.3 Å². The van der Waals surface area contributed by atoms with E-state index < -0.39 is 0 Å². The third kappa shape index (κ3) is 6.33. The van der Waals surface area contributed by atoms with Gasteiger partial charge in [-0.25, -0.2) is 0 Å². The molecule has 0 amide bonds. The van der Waals surface area contributed by atoms with Gasteiger partial charge in [-0.05, 0) is 94.0 Å². The minimum Gasteiger partial charge on any atom is -0.309 e. The molecular formula is C60H40N2S. The molecule has 0 aliphatic heterocycles. The molecule has 2 nitrogen and oxygen atoms in total. The zero-order valence-corrected chi connectivity index (χ0v) is 35.2. The average molecular weight is 821 g/mol. The Morgan fingerprint density at radius 1 is 0.317 bits per heavy atom. The molecule has 0 N–H and O–H groups in total. The van der Waals surface area contributed by atoms with Crippen LogP contribution in [0.2, 0.25) is 0 Å². The van der Waals surface area contributed by atoms with Gasteiger partial charge in [-0.15, -0.1) is 11.3 Å². The molecule has 0 saturated carbocycles. The molecule has 0 spiro atoms. The van der Waals surface area contributed by atoms with Crippen LogP contribution in [0.3, 0.4) is 0 Å². The van der Waals surface area contributed by atoms with Crippen LogP contribution in [0.15, 0.2) is 243 Å². The number of para-hydroxylation sites is 3. The third-order valence-electron chi connectivity index (χ3n) is 12.4. The molecule has 63 heavy (non-hydrogen) atoms. The van der Waals surface area contributed by atoms with E-state index in [0.29, 0.717) is 0 Å². The highest BCUT2D eigenvalue weighted by Crippen LogP contribution is 2.50. The van der Waals surface area contributed by atoms with Crippen molar-refractivity contribution in [2.24, 2.45) is 0 Å². The van der Waals surface area contributed by atoms with Crippen molar-refractivity contribution in [3.63, 3.8) is 0 Å². The van der Waals surface area contributed by atoms with Gasteiger partial charge in [0, 0.05) is 47.8 Å². The van der Waals surface area contributed by atoms with Gasteiger partial charge in [0.25, 0.3) is 0 Å². The number of nitrogens with zero attached hydrogens (tertiary/aromatic N) is 2. The summed E-state index contributed by atoms with van der Waals surface area (Å²) in [7, 11) is 0. The summed E-state index contributed by atoms with van der Waals surface area (Å²) >= 11 is 1.88. The van der Waals surface area contributed by atoms with Crippen LogP contribution in [0.25, 0.3) is 92.2 Å². The van der Waals surface area contributed by atoms with E-state index in [2.05, 4.69) is 252 Å². The Bertz CT molecular complexity index is 3620. The average Bonchev–Trinajstić information content (AvgIpc) is 3.92. The van der Waals surface area contributed by atoms with Crippen molar-refractivity contribution in [3.05, 3.63) is 243 Å². The monoisotopic (exact) mass is 820 g/mol. The molecule has 2 aromatic heterocycles. The predicted octanol–water partition coefficient (Wildman–Crippen LogP) is 17.3. The maximum Gasteiger partial charge on any atom is 0.0562 e. The molecule has 0 saturated heterocycles. The standard InChI is InChI=1S/C60H40N2S/c1-4-19-41(20-5-1)43-23-16-24-44(39-43)47-27-10-13-32-53(47)62(57-35-18-34-56-59(57)51-29-11-14-33-54(51)61(56)46-25-8-3-9-26-46)55-38-37-45(40-52(55)42-21-6-2-7-22-42)48-30-17-31-50-49-28-12-15-36-58(49)63-60(48)50/h1-40H. The Morgan fingerprint density at radius 3 is 1.71 bits per heavy atom. The van der Waals surface area contributed by atoms with Crippen molar-refractivity contribution in [2.45, 2.75) is 0 Å². The molecule has 0 aliphatic rings. The summed E-state index contributed by atoms with van der Waals surface area (Å²) in [6.07, 6.45) is 0. The Hall–Kier alpha value is -7.98. The summed E-state index contributed by atoms with van der Waals surface area (Å²) in [5.41, 5.74) is 16.2. The lowest BCUT2D eigenvalue weighted by molar-refractivity contribution is 1.18. The summed E-state index contributed by atoms with van der Waals surface area (Å²) in [6.45, 7) is 0. The second-order valence-electron chi connectivity index (χ2n) is 16.0. The molecule has 12 aromatic rings. The molecule has 0 aliphatic carbocycles. The van der Waals surface area contributed by atoms with Gasteiger partial charge in [0.2, 0.25) is 0 Å². The van der Waals surface area contributed by atoms with Crippen molar-refractivity contribution in [1.82, 2.24) is 4.57 Å². The number of benzene rings is 10. The molecule has 3 heteroatoms. The van der Waals surface area contributed by atoms with Gasteiger partial charge in [0.15, 0.2) is 0 Å². The van der Waals surface area contributed by atoms with E-state index in [1.54, 1.807) is 0 Å². The largest absolute Gasteiger partial charge is 0.309 e. The van der Waals surface area contributed by atoms with Gasteiger partial charge in [-0.3, -0.25) is 0 Å². The number of fused-ring (bicyclic) bond motifs is 6. The van der Waals surface area contributed by atoms with Crippen molar-refractivity contribution >= 4 is 70.4 Å². The van der Waals surface area contributed by atoms with Crippen LogP contribution in [0.5, 0.6) is 0 Å². The summed E-state index contributed by atoms with van der Waals surface area (Å²) in [4.78, 5) is 2.53. The Balaban J connectivity index is 1.16. The number of aromatic nitrogens is 1. The molecule has 0 unspecified atom stereocenters. The van der Waals surface area contributed by atoms with Crippen LogP contribution in [0.4, 0.5) is 17.1 Å². The first kappa shape index (κ1) is 36.8. The van der Waals surface area contributed by atoms with Gasteiger partial charge in [0.05, 0.1) is 28.1 Å². The molecule has 10 aromatic carbocycles. The minimum atomic E-state index is 1.10. The van der Waals surface area contributed by atoms with E-state index in [1.165, 1.54) is 58.7 Å². The summed E-state index contributed by atoms with van der Waals surface area (Å²) in [5.74, 6) is 0. The van der Waals surface area contributed by atoms with Gasteiger partial charge in [0.1, 0.15) is 0 Å². The van der Waals surface area contributed by atoms with Crippen LogP contribution >= 0.6 is 11.3 Å². The molecule has 0 atom stereocenters. The fourth-order valence-corrected chi connectivity index (χ4v) is 10.8. The Morgan fingerprint density at radius 2 is 0.873 bits per heavy atom. The van der Waals surface area contributed by atoms with E-state index in [0.717, 1.165) is 50.5 Å². The third-order valence-corrected chi connectivity index (χ3v) is 13.6. The Labute approximate surface area is 370 Å². The lowest BCUT2D eigenvalue weighted by Gasteiger charge is -2.31. The number of anilines is 3. The fourth-order valence-electron chi connectivity index (χ4n) is 9.56. The number of rotatable bonds is 8. The maximum atomic E-state index is 2.53. The lowest BCUT2D eigenvalue weighted by atomic mass is 9.94.